The predicted octanol–water partition coefficient (Wildman–Crippen LogP) is 1.52. The second-order valence-corrected chi connectivity index (χ2v) is 4.35. The van der Waals surface area contributed by atoms with E-state index in [9.17, 15) is 4.79 Å². The number of rotatable bonds is 5. The molecule has 1 aromatic carbocycles. The lowest BCUT2D eigenvalue weighted by Crippen LogP contribution is -2.32. The zero-order valence-corrected chi connectivity index (χ0v) is 10.9. The van der Waals surface area contributed by atoms with Crippen LogP contribution in [0.4, 0.5) is 0 Å². The molecule has 2 aromatic rings. The number of aromatic nitrogens is 1. The average Bonchev–Trinajstić information content (AvgIpc) is 2.96. The van der Waals surface area contributed by atoms with Crippen molar-refractivity contribution in [2.45, 2.75) is 6.54 Å². The van der Waals surface area contributed by atoms with Crippen molar-refractivity contribution in [1.82, 2.24) is 9.88 Å². The summed E-state index contributed by atoms with van der Waals surface area (Å²) < 4.78 is 0. The van der Waals surface area contributed by atoms with Crippen molar-refractivity contribution in [2.75, 3.05) is 13.2 Å². The number of aromatic amines is 1. The number of nitriles is 1. The largest absolute Gasteiger partial charge is 0.395 e. The standard InChI is InChI=1S/C15H15N3O2/c16-9-14-8-13(10-17-14)15(20)18(6-7-19)11-12-4-2-1-3-5-12/h1-5,8,10,17,19H,6-7,11H2. The van der Waals surface area contributed by atoms with E-state index in [0.717, 1.165) is 5.56 Å². The minimum Gasteiger partial charge on any atom is -0.395 e. The van der Waals surface area contributed by atoms with Gasteiger partial charge in [0.1, 0.15) is 11.8 Å². The Morgan fingerprint density at radius 2 is 2.10 bits per heavy atom. The Morgan fingerprint density at radius 3 is 2.70 bits per heavy atom. The number of aliphatic hydroxyl groups is 1. The number of nitrogens with one attached hydrogen (secondary N) is 1. The van der Waals surface area contributed by atoms with Crippen LogP contribution in [0, 0.1) is 11.3 Å². The first-order valence-corrected chi connectivity index (χ1v) is 6.27. The van der Waals surface area contributed by atoms with E-state index < -0.39 is 0 Å². The van der Waals surface area contributed by atoms with E-state index in [1.807, 2.05) is 36.4 Å². The van der Waals surface area contributed by atoms with Crippen molar-refractivity contribution in [2.24, 2.45) is 0 Å². The van der Waals surface area contributed by atoms with Crippen molar-refractivity contribution >= 4 is 5.91 Å². The van der Waals surface area contributed by atoms with Gasteiger partial charge in [0.25, 0.3) is 5.91 Å². The average molecular weight is 269 g/mol. The number of hydrogen-bond acceptors (Lipinski definition) is 3. The first kappa shape index (κ1) is 13.8. The van der Waals surface area contributed by atoms with Gasteiger partial charge in [-0.1, -0.05) is 30.3 Å². The Morgan fingerprint density at radius 1 is 1.35 bits per heavy atom. The van der Waals surface area contributed by atoms with Gasteiger partial charge in [-0.15, -0.1) is 0 Å². The third-order valence-corrected chi connectivity index (χ3v) is 2.92. The van der Waals surface area contributed by atoms with Crippen LogP contribution in [0.1, 0.15) is 21.6 Å². The van der Waals surface area contributed by atoms with Crippen molar-refractivity contribution in [3.63, 3.8) is 0 Å². The molecule has 0 saturated carbocycles. The van der Waals surface area contributed by atoms with E-state index in [2.05, 4.69) is 4.98 Å². The normalized spacial score (nSPS) is 10.0. The summed E-state index contributed by atoms with van der Waals surface area (Å²) >= 11 is 0. The van der Waals surface area contributed by atoms with Gasteiger partial charge >= 0.3 is 0 Å². The van der Waals surface area contributed by atoms with Crippen LogP contribution < -0.4 is 0 Å². The van der Waals surface area contributed by atoms with Gasteiger partial charge < -0.3 is 15.0 Å². The molecule has 0 radical (unpaired) electrons. The van der Waals surface area contributed by atoms with E-state index >= 15 is 0 Å². The summed E-state index contributed by atoms with van der Waals surface area (Å²) in [7, 11) is 0. The first-order valence-electron chi connectivity index (χ1n) is 6.27. The van der Waals surface area contributed by atoms with Crippen LogP contribution in [-0.2, 0) is 6.54 Å². The second kappa shape index (κ2) is 6.55. The van der Waals surface area contributed by atoms with Gasteiger partial charge in [0, 0.05) is 19.3 Å². The van der Waals surface area contributed by atoms with Crippen LogP contribution in [0.15, 0.2) is 42.6 Å². The van der Waals surface area contributed by atoms with E-state index in [-0.39, 0.29) is 19.1 Å². The molecular formula is C15H15N3O2. The van der Waals surface area contributed by atoms with Crippen LogP contribution in [-0.4, -0.2) is 34.0 Å². The highest BCUT2D eigenvalue weighted by atomic mass is 16.3. The molecule has 102 valence electrons. The van der Waals surface area contributed by atoms with Crippen molar-refractivity contribution in [1.29, 1.82) is 5.26 Å². The fourth-order valence-electron chi connectivity index (χ4n) is 1.94. The summed E-state index contributed by atoms with van der Waals surface area (Å²) in [4.78, 5) is 16.6. The third-order valence-electron chi connectivity index (χ3n) is 2.92. The number of carbonyl (C=O) groups is 1. The van der Waals surface area contributed by atoms with Gasteiger partial charge in [0.2, 0.25) is 0 Å². The fourth-order valence-corrected chi connectivity index (χ4v) is 1.94. The minimum absolute atomic E-state index is 0.103. The summed E-state index contributed by atoms with van der Waals surface area (Å²) in [6, 6.07) is 13.0. The van der Waals surface area contributed by atoms with Gasteiger partial charge in [-0.05, 0) is 11.6 Å². The summed E-state index contributed by atoms with van der Waals surface area (Å²) in [5.41, 5.74) is 1.76. The zero-order chi connectivity index (χ0) is 14.4. The molecule has 0 aliphatic carbocycles. The SMILES string of the molecule is N#Cc1cc(C(=O)N(CCO)Cc2ccccc2)c[nH]1. The van der Waals surface area contributed by atoms with Crippen molar-refractivity contribution in [3.05, 3.63) is 59.4 Å². The van der Waals surface area contributed by atoms with E-state index in [1.165, 1.54) is 12.3 Å². The highest BCUT2D eigenvalue weighted by Gasteiger charge is 2.17. The summed E-state index contributed by atoms with van der Waals surface area (Å²) in [5, 5.41) is 17.9. The molecule has 1 amide bonds. The smallest absolute Gasteiger partial charge is 0.255 e. The van der Waals surface area contributed by atoms with E-state index in [1.54, 1.807) is 4.90 Å². The lowest BCUT2D eigenvalue weighted by Gasteiger charge is -2.21. The molecule has 0 saturated heterocycles. The number of benzene rings is 1. The monoisotopic (exact) mass is 269 g/mol. The van der Waals surface area contributed by atoms with Crippen molar-refractivity contribution in [3.8, 4) is 6.07 Å². The number of H-pyrrole nitrogens is 1. The molecule has 0 spiro atoms. The molecule has 5 nitrogen and oxygen atoms in total. The number of carbonyl (C=O) groups excluding carboxylic acids is 1. The Labute approximate surface area is 117 Å². The predicted molar refractivity (Wildman–Crippen MR) is 73.8 cm³/mol. The molecular weight excluding hydrogens is 254 g/mol. The minimum atomic E-state index is -0.208. The molecule has 2 N–H and O–H groups in total. The van der Waals surface area contributed by atoms with Crippen LogP contribution >= 0.6 is 0 Å². The maximum atomic E-state index is 12.4. The Kier molecular flexibility index (Phi) is 4.53. The molecule has 0 aliphatic heterocycles. The Balaban J connectivity index is 2.15. The number of amides is 1. The van der Waals surface area contributed by atoms with Gasteiger partial charge in [0.15, 0.2) is 0 Å². The molecule has 0 unspecified atom stereocenters. The summed E-state index contributed by atoms with van der Waals surface area (Å²) in [6.45, 7) is 0.572. The highest BCUT2D eigenvalue weighted by molar-refractivity contribution is 5.94. The fraction of sp³-hybridized carbons (Fsp3) is 0.200. The lowest BCUT2D eigenvalue weighted by atomic mass is 10.2. The molecule has 5 heteroatoms. The summed E-state index contributed by atoms with van der Waals surface area (Å²) in [5.74, 6) is -0.208. The van der Waals surface area contributed by atoms with E-state index in [4.69, 9.17) is 10.4 Å². The molecule has 2 rings (SSSR count). The van der Waals surface area contributed by atoms with Gasteiger partial charge in [-0.3, -0.25) is 4.79 Å². The molecule has 0 aliphatic rings. The second-order valence-electron chi connectivity index (χ2n) is 4.35. The maximum Gasteiger partial charge on any atom is 0.255 e. The third kappa shape index (κ3) is 3.25. The molecule has 0 atom stereocenters. The Hall–Kier alpha value is -2.58. The topological polar surface area (TPSA) is 80.1 Å². The molecule has 0 fully saturated rings. The number of nitrogens with zero attached hydrogens (tertiary/aromatic N) is 2. The number of aliphatic hydroxyl groups excluding tert-OH is 1. The molecule has 1 aromatic heterocycles. The van der Waals surface area contributed by atoms with E-state index in [0.29, 0.717) is 17.8 Å². The van der Waals surface area contributed by atoms with Gasteiger partial charge in [-0.2, -0.15) is 5.26 Å². The molecule has 20 heavy (non-hydrogen) atoms. The quantitative estimate of drug-likeness (QED) is 0.863. The number of hydrogen-bond donors (Lipinski definition) is 2. The maximum absolute atomic E-state index is 12.4. The van der Waals surface area contributed by atoms with Gasteiger partial charge in [0.05, 0.1) is 12.2 Å². The van der Waals surface area contributed by atoms with Crippen molar-refractivity contribution < 1.29 is 9.90 Å². The van der Waals surface area contributed by atoms with Crippen LogP contribution in [0.5, 0.6) is 0 Å². The molecule has 0 bridgehead atoms. The van der Waals surface area contributed by atoms with Crippen LogP contribution in [0.2, 0.25) is 0 Å². The highest BCUT2D eigenvalue weighted by Crippen LogP contribution is 2.11. The first-order chi connectivity index (χ1) is 9.74. The zero-order valence-electron chi connectivity index (χ0n) is 10.9. The molecule has 1 heterocycles. The lowest BCUT2D eigenvalue weighted by molar-refractivity contribution is 0.0708. The van der Waals surface area contributed by atoms with Crippen LogP contribution in [0.3, 0.4) is 0 Å². The summed E-state index contributed by atoms with van der Waals surface area (Å²) in [6.07, 6.45) is 1.51. The Bertz CT molecular complexity index is 614. The van der Waals surface area contributed by atoms with Gasteiger partial charge in [-0.25, -0.2) is 0 Å². The van der Waals surface area contributed by atoms with Crippen LogP contribution in [0.25, 0.3) is 0 Å².